The Bertz CT molecular complexity index is 1220. The Kier molecular flexibility index (Phi) is 7.54. The summed E-state index contributed by atoms with van der Waals surface area (Å²) >= 11 is 0. The Hall–Kier alpha value is -1.70. The number of hydrogen-bond acceptors (Lipinski definition) is 11. The lowest BCUT2D eigenvalue weighted by atomic mass is 9.41. The van der Waals surface area contributed by atoms with Crippen LogP contribution >= 0.6 is 0 Å². The Balaban J connectivity index is 1.24. The number of aldehydes is 1. The standard InChI is InChI=1S/C31H44O11/c1-16-24(35)26(39-3)25(36)27(41-16)42-18-6-10-29(15-32)19-7-9-28(2)23(17-4-5-22(34)40-14-17)21(33)13-31(28,38)20(19)8-11-30(29,37)12-18/h4-5,14-16,18-21,23-27,33,35-38H,6-13H2,1-3H3. The van der Waals surface area contributed by atoms with Crippen molar-refractivity contribution in [3.05, 3.63) is 34.4 Å². The van der Waals surface area contributed by atoms with E-state index in [1.807, 2.05) is 6.92 Å². The minimum atomic E-state index is -1.38. The van der Waals surface area contributed by atoms with E-state index in [1.165, 1.54) is 19.4 Å². The van der Waals surface area contributed by atoms with Crippen LogP contribution in [0.2, 0.25) is 0 Å². The van der Waals surface area contributed by atoms with E-state index in [9.17, 15) is 35.1 Å². The van der Waals surface area contributed by atoms with E-state index in [0.29, 0.717) is 37.7 Å². The van der Waals surface area contributed by atoms with Crippen LogP contribution in [-0.2, 0) is 19.0 Å². The average Bonchev–Trinajstić information content (AvgIpc) is 3.16. The van der Waals surface area contributed by atoms with Crippen LogP contribution in [-0.4, -0.2) is 93.0 Å². The van der Waals surface area contributed by atoms with Gasteiger partial charge in [0.2, 0.25) is 0 Å². The zero-order chi connectivity index (χ0) is 30.2. The topological polar surface area (TPSA) is 176 Å². The molecule has 5 fully saturated rings. The fraction of sp³-hybridized carbons (Fsp3) is 0.806. The number of methoxy groups -OCH3 is 1. The van der Waals surface area contributed by atoms with Crippen LogP contribution < -0.4 is 5.63 Å². The summed E-state index contributed by atoms with van der Waals surface area (Å²) in [6.45, 7) is 3.65. The molecule has 1 aliphatic heterocycles. The lowest BCUT2D eigenvalue weighted by molar-refractivity contribution is -0.319. The van der Waals surface area contributed by atoms with Gasteiger partial charge in [-0.05, 0) is 68.9 Å². The van der Waals surface area contributed by atoms with Crippen molar-refractivity contribution in [2.75, 3.05) is 7.11 Å². The fourth-order valence-corrected chi connectivity index (χ4v) is 10.0. The summed E-state index contributed by atoms with van der Waals surface area (Å²) in [6, 6.07) is 2.98. The summed E-state index contributed by atoms with van der Waals surface area (Å²) in [5, 5.41) is 57.0. The van der Waals surface area contributed by atoms with Crippen molar-refractivity contribution < 1.29 is 49.0 Å². The summed E-state index contributed by atoms with van der Waals surface area (Å²) in [5.41, 5.74) is -4.30. The molecule has 0 amide bonds. The lowest BCUT2D eigenvalue weighted by Crippen LogP contribution is -2.69. The Morgan fingerprint density at radius 2 is 1.74 bits per heavy atom. The number of carbonyl (C=O) groups excluding carboxylic acids is 1. The van der Waals surface area contributed by atoms with Crippen LogP contribution in [0.4, 0.5) is 0 Å². The minimum Gasteiger partial charge on any atom is -0.431 e. The number of rotatable bonds is 5. The minimum absolute atomic E-state index is 0.134. The van der Waals surface area contributed by atoms with Gasteiger partial charge < -0.3 is 49.0 Å². The molecule has 0 spiro atoms. The van der Waals surface area contributed by atoms with Gasteiger partial charge in [-0.15, -0.1) is 0 Å². The van der Waals surface area contributed by atoms with E-state index in [1.54, 1.807) is 13.0 Å². The normalized spacial score (nSPS) is 52.2. The molecule has 2 heterocycles. The summed E-state index contributed by atoms with van der Waals surface area (Å²) < 4.78 is 22.3. The summed E-state index contributed by atoms with van der Waals surface area (Å²) in [4.78, 5) is 24.7. The van der Waals surface area contributed by atoms with Crippen molar-refractivity contribution in [1.29, 1.82) is 0 Å². The average molecular weight is 593 g/mol. The summed E-state index contributed by atoms with van der Waals surface area (Å²) in [7, 11) is 1.40. The van der Waals surface area contributed by atoms with Gasteiger partial charge in [-0.25, -0.2) is 4.79 Å². The predicted octanol–water partition coefficient (Wildman–Crippen LogP) is 1.01. The van der Waals surface area contributed by atoms with E-state index in [0.717, 1.165) is 6.29 Å². The van der Waals surface area contributed by atoms with Gasteiger partial charge in [-0.2, -0.15) is 0 Å². The molecule has 1 aromatic heterocycles. The van der Waals surface area contributed by atoms with Gasteiger partial charge >= 0.3 is 5.63 Å². The van der Waals surface area contributed by atoms with Crippen LogP contribution in [0.3, 0.4) is 0 Å². The molecular formula is C31H44O11. The van der Waals surface area contributed by atoms with Gasteiger partial charge in [-0.3, -0.25) is 0 Å². The van der Waals surface area contributed by atoms with E-state index in [-0.39, 0.29) is 31.1 Å². The quantitative estimate of drug-likeness (QED) is 0.244. The van der Waals surface area contributed by atoms with Crippen molar-refractivity contribution in [1.82, 2.24) is 0 Å². The van der Waals surface area contributed by atoms with E-state index < -0.39 is 76.5 Å². The predicted molar refractivity (Wildman–Crippen MR) is 146 cm³/mol. The van der Waals surface area contributed by atoms with Gasteiger partial charge in [0.15, 0.2) is 6.29 Å². The SMILES string of the molecule is COC1C(O)C(C)OC(OC2CCC3(C=O)C4CCC5(C)C(c6ccc(=O)oc6)C(O)CC5(O)C4CCC3(O)C2)C1O. The smallest absolute Gasteiger partial charge is 0.335 e. The Morgan fingerprint density at radius 1 is 1.00 bits per heavy atom. The zero-order valence-electron chi connectivity index (χ0n) is 24.4. The molecule has 5 aliphatic rings. The van der Waals surface area contributed by atoms with Gasteiger partial charge in [0.25, 0.3) is 0 Å². The van der Waals surface area contributed by atoms with Crippen LogP contribution in [0.1, 0.15) is 76.7 Å². The second kappa shape index (κ2) is 10.4. The maximum absolute atomic E-state index is 13.1. The molecular weight excluding hydrogens is 548 g/mol. The highest BCUT2D eigenvalue weighted by molar-refractivity contribution is 5.64. The van der Waals surface area contributed by atoms with Crippen LogP contribution in [0, 0.1) is 22.7 Å². The van der Waals surface area contributed by atoms with E-state index >= 15 is 0 Å². The third kappa shape index (κ3) is 4.15. The second-order valence-electron chi connectivity index (χ2n) is 13.9. The molecule has 1 saturated heterocycles. The fourth-order valence-electron chi connectivity index (χ4n) is 10.0. The monoisotopic (exact) mass is 592 g/mol. The lowest BCUT2D eigenvalue weighted by Gasteiger charge is -2.65. The van der Waals surface area contributed by atoms with Crippen molar-refractivity contribution >= 4 is 6.29 Å². The number of aliphatic hydroxyl groups is 5. The van der Waals surface area contributed by atoms with Crippen molar-refractivity contribution in [3.63, 3.8) is 0 Å². The molecule has 1 aromatic rings. The molecule has 4 aliphatic carbocycles. The Labute approximate surface area is 244 Å². The maximum atomic E-state index is 13.1. The molecule has 234 valence electrons. The zero-order valence-corrected chi connectivity index (χ0v) is 24.4. The highest BCUT2D eigenvalue weighted by atomic mass is 16.7. The molecule has 0 bridgehead atoms. The van der Waals surface area contributed by atoms with Crippen LogP contribution in [0.15, 0.2) is 27.6 Å². The number of carbonyl (C=O) groups is 1. The first-order valence-electron chi connectivity index (χ1n) is 15.2. The van der Waals surface area contributed by atoms with Gasteiger partial charge in [-0.1, -0.05) is 6.92 Å². The molecule has 11 nitrogen and oxygen atoms in total. The highest BCUT2D eigenvalue weighted by Crippen LogP contribution is 2.71. The number of ether oxygens (including phenoxy) is 3. The molecule has 0 aromatic carbocycles. The molecule has 14 unspecified atom stereocenters. The molecule has 0 radical (unpaired) electrons. The first-order valence-corrected chi connectivity index (χ1v) is 15.2. The van der Waals surface area contributed by atoms with Gasteiger partial charge in [0.1, 0.15) is 24.6 Å². The highest BCUT2D eigenvalue weighted by Gasteiger charge is 2.73. The molecule has 6 rings (SSSR count). The number of fused-ring (bicyclic) bond motifs is 5. The number of hydrogen-bond donors (Lipinski definition) is 5. The summed E-state index contributed by atoms with van der Waals surface area (Å²) in [5.74, 6) is -1.05. The van der Waals surface area contributed by atoms with Crippen molar-refractivity contribution in [3.8, 4) is 0 Å². The summed E-state index contributed by atoms with van der Waals surface area (Å²) in [6.07, 6.45) is -0.969. The van der Waals surface area contributed by atoms with Gasteiger partial charge in [0, 0.05) is 37.4 Å². The van der Waals surface area contributed by atoms with Crippen LogP contribution in [0.5, 0.6) is 0 Å². The van der Waals surface area contributed by atoms with Gasteiger partial charge in [0.05, 0.1) is 41.2 Å². The number of aliphatic hydroxyl groups excluding tert-OH is 3. The van der Waals surface area contributed by atoms with Crippen LogP contribution in [0.25, 0.3) is 0 Å². The molecule has 14 atom stereocenters. The first-order chi connectivity index (χ1) is 19.8. The van der Waals surface area contributed by atoms with E-state index in [4.69, 9.17) is 18.6 Å². The van der Waals surface area contributed by atoms with E-state index in [2.05, 4.69) is 0 Å². The van der Waals surface area contributed by atoms with Crippen molar-refractivity contribution in [2.24, 2.45) is 22.7 Å². The molecule has 5 N–H and O–H groups in total. The largest absolute Gasteiger partial charge is 0.431 e. The second-order valence-corrected chi connectivity index (χ2v) is 13.9. The molecule has 11 heteroatoms. The molecule has 4 saturated carbocycles. The third-order valence-electron chi connectivity index (χ3n) is 12.2. The molecule has 42 heavy (non-hydrogen) atoms. The third-order valence-corrected chi connectivity index (χ3v) is 12.2. The Morgan fingerprint density at radius 3 is 2.40 bits per heavy atom. The first kappa shape index (κ1) is 30.3. The maximum Gasteiger partial charge on any atom is 0.335 e. The van der Waals surface area contributed by atoms with Crippen molar-refractivity contribution in [2.45, 2.75) is 125 Å².